The van der Waals surface area contributed by atoms with Crippen LogP contribution in [0.15, 0.2) is 24.3 Å². The van der Waals surface area contributed by atoms with Gasteiger partial charge in [0.25, 0.3) is 5.91 Å². The highest BCUT2D eigenvalue weighted by Gasteiger charge is 2.19. The number of hydrogen-bond acceptors (Lipinski definition) is 2. The molecule has 17 heavy (non-hydrogen) atoms. The molecule has 0 bridgehead atoms. The smallest absolute Gasteiger partial charge is 0.254 e. The molecule has 94 valence electrons. The van der Waals surface area contributed by atoms with E-state index < -0.39 is 0 Å². The second-order valence-electron chi connectivity index (χ2n) is 3.90. The zero-order valence-electron chi connectivity index (χ0n) is 10.4. The first kappa shape index (κ1) is 13.6. The van der Waals surface area contributed by atoms with Gasteiger partial charge >= 0.3 is 0 Å². The van der Waals surface area contributed by atoms with Gasteiger partial charge in [-0.05, 0) is 38.1 Å². The summed E-state index contributed by atoms with van der Waals surface area (Å²) >= 11 is 0. The lowest BCUT2D eigenvalue weighted by atomic mass is 10.1. The van der Waals surface area contributed by atoms with Crippen LogP contribution in [-0.4, -0.2) is 37.1 Å². The summed E-state index contributed by atoms with van der Waals surface area (Å²) < 4.78 is 17.8. The van der Waals surface area contributed by atoms with Crippen LogP contribution in [0.5, 0.6) is 0 Å². The second kappa shape index (κ2) is 6.35. The van der Waals surface area contributed by atoms with Crippen molar-refractivity contribution in [3.63, 3.8) is 0 Å². The Labute approximate surface area is 101 Å². The highest BCUT2D eigenvalue weighted by Crippen LogP contribution is 2.10. The Bertz CT molecular complexity index is 364. The Kier molecular flexibility index (Phi) is 5.10. The van der Waals surface area contributed by atoms with Crippen molar-refractivity contribution in [1.82, 2.24) is 4.90 Å². The summed E-state index contributed by atoms with van der Waals surface area (Å²) in [7, 11) is 1.60. The van der Waals surface area contributed by atoms with E-state index in [1.165, 1.54) is 24.3 Å². The SMILES string of the molecule is CCN(C(=O)c1ccc(F)cc1)C(C)COC. The number of hydrogen-bond donors (Lipinski definition) is 0. The molecule has 0 aromatic heterocycles. The third kappa shape index (κ3) is 3.53. The molecule has 0 radical (unpaired) electrons. The van der Waals surface area contributed by atoms with Crippen molar-refractivity contribution in [2.75, 3.05) is 20.3 Å². The van der Waals surface area contributed by atoms with Gasteiger partial charge in [-0.15, -0.1) is 0 Å². The first-order chi connectivity index (χ1) is 8.10. The molecule has 0 saturated carbocycles. The van der Waals surface area contributed by atoms with Crippen LogP contribution in [0.3, 0.4) is 0 Å². The number of carbonyl (C=O) groups is 1. The summed E-state index contributed by atoms with van der Waals surface area (Å²) in [5.74, 6) is -0.438. The average molecular weight is 239 g/mol. The fraction of sp³-hybridized carbons (Fsp3) is 0.462. The lowest BCUT2D eigenvalue weighted by Gasteiger charge is -2.27. The predicted molar refractivity (Wildman–Crippen MR) is 64.4 cm³/mol. The molecule has 0 aliphatic rings. The number of ether oxygens (including phenoxy) is 1. The van der Waals surface area contributed by atoms with Gasteiger partial charge in [0.1, 0.15) is 5.82 Å². The van der Waals surface area contributed by atoms with E-state index in [1.807, 2.05) is 13.8 Å². The number of nitrogens with zero attached hydrogens (tertiary/aromatic N) is 1. The molecule has 0 aliphatic carbocycles. The van der Waals surface area contributed by atoms with Crippen LogP contribution in [0.2, 0.25) is 0 Å². The summed E-state index contributed by atoms with van der Waals surface area (Å²) in [6.07, 6.45) is 0. The van der Waals surface area contributed by atoms with Gasteiger partial charge in [0.2, 0.25) is 0 Å². The Hall–Kier alpha value is -1.42. The van der Waals surface area contributed by atoms with E-state index in [-0.39, 0.29) is 17.8 Å². The number of likely N-dealkylation sites (N-methyl/N-ethyl adjacent to an activating group) is 1. The van der Waals surface area contributed by atoms with Crippen molar-refractivity contribution in [1.29, 1.82) is 0 Å². The topological polar surface area (TPSA) is 29.5 Å². The maximum absolute atomic E-state index is 12.8. The first-order valence-corrected chi connectivity index (χ1v) is 5.65. The van der Waals surface area contributed by atoms with E-state index in [9.17, 15) is 9.18 Å². The zero-order valence-corrected chi connectivity index (χ0v) is 10.4. The average Bonchev–Trinajstić information content (AvgIpc) is 2.31. The molecule has 0 heterocycles. The number of methoxy groups -OCH3 is 1. The van der Waals surface area contributed by atoms with Gasteiger partial charge in [0, 0.05) is 19.2 Å². The fourth-order valence-electron chi connectivity index (χ4n) is 1.74. The largest absolute Gasteiger partial charge is 0.383 e. The van der Waals surface area contributed by atoms with Crippen LogP contribution in [0, 0.1) is 5.82 Å². The predicted octanol–water partition coefficient (Wildman–Crippen LogP) is 2.32. The van der Waals surface area contributed by atoms with Crippen LogP contribution in [0.25, 0.3) is 0 Å². The molecule has 1 amide bonds. The van der Waals surface area contributed by atoms with Crippen LogP contribution >= 0.6 is 0 Å². The van der Waals surface area contributed by atoms with Gasteiger partial charge in [-0.3, -0.25) is 4.79 Å². The lowest BCUT2D eigenvalue weighted by Crippen LogP contribution is -2.40. The Morgan fingerprint density at radius 1 is 1.41 bits per heavy atom. The van der Waals surface area contributed by atoms with Gasteiger partial charge in [-0.2, -0.15) is 0 Å². The molecular formula is C13H18FNO2. The molecule has 1 rings (SSSR count). The third-order valence-electron chi connectivity index (χ3n) is 2.63. The monoisotopic (exact) mass is 239 g/mol. The number of amides is 1. The number of carbonyl (C=O) groups excluding carboxylic acids is 1. The fourth-order valence-corrected chi connectivity index (χ4v) is 1.74. The van der Waals surface area contributed by atoms with Crippen LogP contribution in [0.1, 0.15) is 24.2 Å². The van der Waals surface area contributed by atoms with E-state index in [4.69, 9.17) is 4.74 Å². The molecule has 1 aromatic carbocycles. The molecule has 0 spiro atoms. The first-order valence-electron chi connectivity index (χ1n) is 5.65. The van der Waals surface area contributed by atoms with Crippen LogP contribution < -0.4 is 0 Å². The van der Waals surface area contributed by atoms with Crippen molar-refractivity contribution < 1.29 is 13.9 Å². The maximum Gasteiger partial charge on any atom is 0.254 e. The Balaban J connectivity index is 2.82. The molecule has 1 aromatic rings. The van der Waals surface area contributed by atoms with Crippen LogP contribution in [-0.2, 0) is 4.74 Å². The molecule has 0 saturated heterocycles. The van der Waals surface area contributed by atoms with E-state index in [1.54, 1.807) is 12.0 Å². The number of rotatable bonds is 5. The number of halogens is 1. The minimum atomic E-state index is -0.338. The van der Waals surface area contributed by atoms with E-state index >= 15 is 0 Å². The molecule has 0 N–H and O–H groups in total. The molecule has 0 aliphatic heterocycles. The van der Waals surface area contributed by atoms with Crippen molar-refractivity contribution in [2.24, 2.45) is 0 Å². The van der Waals surface area contributed by atoms with Gasteiger partial charge in [0.05, 0.1) is 12.6 Å². The van der Waals surface area contributed by atoms with Gasteiger partial charge in [-0.25, -0.2) is 4.39 Å². The highest BCUT2D eigenvalue weighted by atomic mass is 19.1. The van der Waals surface area contributed by atoms with Crippen molar-refractivity contribution in [2.45, 2.75) is 19.9 Å². The van der Waals surface area contributed by atoms with Crippen molar-refractivity contribution >= 4 is 5.91 Å². The van der Waals surface area contributed by atoms with E-state index in [0.717, 1.165) is 0 Å². The maximum atomic E-state index is 12.8. The minimum Gasteiger partial charge on any atom is -0.383 e. The zero-order chi connectivity index (χ0) is 12.8. The summed E-state index contributed by atoms with van der Waals surface area (Å²) in [5.41, 5.74) is 0.496. The molecule has 3 nitrogen and oxygen atoms in total. The van der Waals surface area contributed by atoms with Gasteiger partial charge in [-0.1, -0.05) is 0 Å². The van der Waals surface area contributed by atoms with Crippen molar-refractivity contribution in [3.8, 4) is 0 Å². The molecule has 4 heteroatoms. The third-order valence-corrected chi connectivity index (χ3v) is 2.63. The second-order valence-corrected chi connectivity index (χ2v) is 3.90. The normalized spacial score (nSPS) is 12.2. The summed E-state index contributed by atoms with van der Waals surface area (Å²) in [4.78, 5) is 13.9. The molecule has 1 unspecified atom stereocenters. The van der Waals surface area contributed by atoms with Crippen molar-refractivity contribution in [3.05, 3.63) is 35.6 Å². The van der Waals surface area contributed by atoms with Crippen LogP contribution in [0.4, 0.5) is 4.39 Å². The highest BCUT2D eigenvalue weighted by molar-refractivity contribution is 5.94. The van der Waals surface area contributed by atoms with Gasteiger partial charge in [0.15, 0.2) is 0 Å². The minimum absolute atomic E-state index is 0.00236. The lowest BCUT2D eigenvalue weighted by molar-refractivity contribution is 0.0579. The standard InChI is InChI=1S/C13H18FNO2/c1-4-15(10(2)9-17-3)13(16)11-5-7-12(14)8-6-11/h5-8,10H,4,9H2,1-3H3. The summed E-state index contributed by atoms with van der Waals surface area (Å²) in [6, 6.07) is 5.59. The summed E-state index contributed by atoms with van der Waals surface area (Å²) in [5, 5.41) is 0. The molecule has 0 fully saturated rings. The Morgan fingerprint density at radius 3 is 2.47 bits per heavy atom. The quantitative estimate of drug-likeness (QED) is 0.789. The molecular weight excluding hydrogens is 221 g/mol. The van der Waals surface area contributed by atoms with E-state index in [2.05, 4.69) is 0 Å². The molecule has 1 atom stereocenters. The van der Waals surface area contributed by atoms with Gasteiger partial charge < -0.3 is 9.64 Å². The Morgan fingerprint density at radius 2 is 2.00 bits per heavy atom. The number of benzene rings is 1. The summed E-state index contributed by atoms with van der Waals surface area (Å²) in [6.45, 7) is 4.92. The van der Waals surface area contributed by atoms with E-state index in [0.29, 0.717) is 18.7 Å².